The molecule has 0 unspecified atom stereocenters. The number of ether oxygens (including phenoxy) is 3. The quantitative estimate of drug-likeness (QED) is 0.444. The minimum atomic E-state index is -0.646. The van der Waals surface area contributed by atoms with Crippen molar-refractivity contribution in [2.75, 3.05) is 53.2 Å². The highest BCUT2D eigenvalue weighted by Gasteiger charge is 2.09. The summed E-state index contributed by atoms with van der Waals surface area (Å²) in [4.78, 5) is 13.1. The van der Waals surface area contributed by atoms with Crippen LogP contribution in [0.3, 0.4) is 0 Å². The van der Waals surface area contributed by atoms with Crippen LogP contribution in [-0.4, -0.2) is 73.0 Å². The van der Waals surface area contributed by atoms with Crippen LogP contribution in [0, 0.1) is 0 Å². The average molecular weight is 292 g/mol. The second-order valence-electron chi connectivity index (χ2n) is 4.73. The van der Waals surface area contributed by atoms with Crippen molar-refractivity contribution in [3.8, 4) is 0 Å². The highest BCUT2D eigenvalue weighted by molar-refractivity contribution is 6.55. The molecule has 0 aliphatic heterocycles. The summed E-state index contributed by atoms with van der Waals surface area (Å²) in [7, 11) is 1.07. The molecule has 0 aromatic carbocycles. The molecule has 114 valence electrons. The highest BCUT2D eigenvalue weighted by Crippen LogP contribution is 1.96. The maximum absolute atomic E-state index is 11.6. The first-order valence-corrected chi connectivity index (χ1v) is 9.94. The van der Waals surface area contributed by atoms with E-state index in [1.807, 2.05) is 0 Å². The van der Waals surface area contributed by atoms with Crippen molar-refractivity contribution < 1.29 is 19.0 Å². The molecular formula is C12H28N2O4Si. The van der Waals surface area contributed by atoms with E-state index in [-0.39, 0.29) is 6.09 Å². The molecule has 0 heterocycles. The molecule has 0 aromatic rings. The van der Waals surface area contributed by atoms with E-state index in [1.165, 1.54) is 4.90 Å². The number of hydrogen-bond donors (Lipinski definition) is 1. The summed E-state index contributed by atoms with van der Waals surface area (Å²) in [6.07, 6.45) is -0.280. The minimum Gasteiger partial charge on any atom is -0.450 e. The van der Waals surface area contributed by atoms with Crippen LogP contribution in [0.15, 0.2) is 0 Å². The number of rotatable bonds is 11. The molecule has 0 bridgehead atoms. The minimum absolute atomic E-state index is 0.280. The van der Waals surface area contributed by atoms with Crippen LogP contribution in [0.25, 0.3) is 0 Å². The SMILES string of the molecule is CN(CCOCCOCCN)C(=O)OCC[SiH](C)C. The van der Waals surface area contributed by atoms with Gasteiger partial charge >= 0.3 is 6.09 Å². The predicted molar refractivity (Wildman–Crippen MR) is 78.4 cm³/mol. The summed E-state index contributed by atoms with van der Waals surface area (Å²) in [6.45, 7) is 8.12. The molecule has 0 saturated carbocycles. The molecule has 0 atom stereocenters. The summed E-state index contributed by atoms with van der Waals surface area (Å²) >= 11 is 0. The lowest BCUT2D eigenvalue weighted by atomic mass is 10.6. The van der Waals surface area contributed by atoms with Gasteiger partial charge in [0.05, 0.1) is 33.0 Å². The summed E-state index contributed by atoms with van der Waals surface area (Å²) in [5.74, 6) is 0. The lowest BCUT2D eigenvalue weighted by Gasteiger charge is -2.17. The first-order valence-electron chi connectivity index (χ1n) is 6.81. The van der Waals surface area contributed by atoms with Gasteiger partial charge in [-0.2, -0.15) is 0 Å². The van der Waals surface area contributed by atoms with Gasteiger partial charge in [0.15, 0.2) is 0 Å². The first-order chi connectivity index (χ1) is 9.07. The lowest BCUT2D eigenvalue weighted by molar-refractivity contribution is 0.0411. The first kappa shape index (κ1) is 18.4. The van der Waals surface area contributed by atoms with Crippen molar-refractivity contribution >= 4 is 14.9 Å². The van der Waals surface area contributed by atoms with Crippen molar-refractivity contribution in [2.45, 2.75) is 19.1 Å². The van der Waals surface area contributed by atoms with Crippen molar-refractivity contribution in [3.05, 3.63) is 0 Å². The van der Waals surface area contributed by atoms with Crippen molar-refractivity contribution in [3.63, 3.8) is 0 Å². The van der Waals surface area contributed by atoms with Crippen LogP contribution < -0.4 is 5.73 Å². The number of carbonyl (C=O) groups is 1. The summed E-state index contributed by atoms with van der Waals surface area (Å²) in [5.41, 5.74) is 5.28. The molecule has 19 heavy (non-hydrogen) atoms. The van der Waals surface area contributed by atoms with Gasteiger partial charge in [0, 0.05) is 28.9 Å². The fourth-order valence-electron chi connectivity index (χ4n) is 1.19. The van der Waals surface area contributed by atoms with E-state index in [1.54, 1.807) is 7.05 Å². The summed E-state index contributed by atoms with van der Waals surface area (Å²) in [5, 5.41) is 0. The zero-order valence-electron chi connectivity index (χ0n) is 12.4. The Labute approximate surface area is 117 Å². The smallest absolute Gasteiger partial charge is 0.409 e. The van der Waals surface area contributed by atoms with Gasteiger partial charge in [-0.15, -0.1) is 0 Å². The van der Waals surface area contributed by atoms with Gasteiger partial charge in [0.1, 0.15) is 0 Å². The fourth-order valence-corrected chi connectivity index (χ4v) is 1.78. The third kappa shape index (κ3) is 12.2. The Kier molecular flexibility index (Phi) is 12.0. The zero-order valence-corrected chi connectivity index (χ0v) is 13.5. The average Bonchev–Trinajstić information content (AvgIpc) is 2.36. The van der Waals surface area contributed by atoms with E-state index < -0.39 is 8.80 Å². The Balaban J connectivity index is 3.41. The topological polar surface area (TPSA) is 74.0 Å². The van der Waals surface area contributed by atoms with Crippen molar-refractivity contribution in [1.82, 2.24) is 4.90 Å². The van der Waals surface area contributed by atoms with Gasteiger partial charge < -0.3 is 24.8 Å². The molecule has 0 aromatic heterocycles. The zero-order chi connectivity index (χ0) is 14.5. The number of hydrogen-bond acceptors (Lipinski definition) is 5. The molecule has 0 aliphatic rings. The fraction of sp³-hybridized carbons (Fsp3) is 0.917. The maximum Gasteiger partial charge on any atom is 0.409 e. The normalized spacial score (nSPS) is 10.8. The van der Waals surface area contributed by atoms with Crippen LogP contribution in [0.5, 0.6) is 0 Å². The predicted octanol–water partition coefficient (Wildman–Crippen LogP) is 0.533. The second-order valence-corrected chi connectivity index (χ2v) is 8.10. The Morgan fingerprint density at radius 3 is 2.32 bits per heavy atom. The van der Waals surface area contributed by atoms with Crippen LogP contribution in [-0.2, 0) is 14.2 Å². The molecule has 1 amide bonds. The van der Waals surface area contributed by atoms with Gasteiger partial charge in [0.2, 0.25) is 0 Å². The van der Waals surface area contributed by atoms with Gasteiger partial charge in [-0.3, -0.25) is 0 Å². The van der Waals surface area contributed by atoms with Crippen molar-refractivity contribution in [2.24, 2.45) is 5.73 Å². The third-order valence-electron chi connectivity index (χ3n) is 2.44. The molecule has 0 aliphatic carbocycles. The lowest BCUT2D eigenvalue weighted by Crippen LogP contribution is -2.31. The number of likely N-dealkylation sites (N-methyl/N-ethyl adjacent to an activating group) is 1. The number of nitrogens with two attached hydrogens (primary N) is 1. The monoisotopic (exact) mass is 292 g/mol. The molecule has 0 rings (SSSR count). The highest BCUT2D eigenvalue weighted by atomic mass is 28.3. The molecule has 0 radical (unpaired) electrons. The van der Waals surface area contributed by atoms with E-state index in [4.69, 9.17) is 19.9 Å². The second kappa shape index (κ2) is 12.4. The molecule has 0 fully saturated rings. The van der Waals surface area contributed by atoms with Crippen LogP contribution in [0.2, 0.25) is 19.1 Å². The largest absolute Gasteiger partial charge is 0.450 e. The van der Waals surface area contributed by atoms with E-state index in [9.17, 15) is 4.79 Å². The van der Waals surface area contributed by atoms with E-state index in [0.717, 1.165) is 6.04 Å². The number of nitrogens with zero attached hydrogens (tertiary/aromatic N) is 1. The van der Waals surface area contributed by atoms with Crippen LogP contribution in [0.4, 0.5) is 4.79 Å². The molecular weight excluding hydrogens is 264 g/mol. The summed E-state index contributed by atoms with van der Waals surface area (Å²) in [6, 6.07) is 1.02. The van der Waals surface area contributed by atoms with Gasteiger partial charge in [0.25, 0.3) is 0 Å². The molecule has 0 saturated heterocycles. The Bertz CT molecular complexity index is 230. The van der Waals surface area contributed by atoms with Gasteiger partial charge in [-0.1, -0.05) is 13.1 Å². The standard InChI is InChI=1S/C12H28N2O4Si/c1-14(12(15)18-10-11-19(2)3)5-7-17-9-8-16-6-4-13/h19H,4-11,13H2,1-3H3. The molecule has 7 heteroatoms. The van der Waals surface area contributed by atoms with E-state index in [0.29, 0.717) is 46.1 Å². The van der Waals surface area contributed by atoms with E-state index >= 15 is 0 Å². The molecule has 0 spiro atoms. The Morgan fingerprint density at radius 2 is 1.74 bits per heavy atom. The third-order valence-corrected chi connectivity index (χ3v) is 3.83. The number of amides is 1. The Hall–Kier alpha value is -0.633. The Morgan fingerprint density at radius 1 is 1.11 bits per heavy atom. The van der Waals surface area contributed by atoms with E-state index in [2.05, 4.69) is 13.1 Å². The maximum atomic E-state index is 11.6. The van der Waals surface area contributed by atoms with Crippen LogP contribution >= 0.6 is 0 Å². The molecule has 2 N–H and O–H groups in total. The van der Waals surface area contributed by atoms with Gasteiger partial charge in [-0.25, -0.2) is 4.79 Å². The summed E-state index contributed by atoms with van der Waals surface area (Å²) < 4.78 is 15.6. The number of carbonyl (C=O) groups excluding carboxylic acids is 1. The van der Waals surface area contributed by atoms with Gasteiger partial charge in [-0.05, 0) is 6.04 Å². The molecule has 6 nitrogen and oxygen atoms in total. The van der Waals surface area contributed by atoms with Crippen LogP contribution in [0.1, 0.15) is 0 Å². The van der Waals surface area contributed by atoms with Crippen molar-refractivity contribution in [1.29, 1.82) is 0 Å².